The molecule has 1 amide bonds. The molecule has 7 nitrogen and oxygen atoms in total. The number of amides is 1. The van der Waals surface area contributed by atoms with Gasteiger partial charge in [0, 0.05) is 44.7 Å². The Hall–Kier alpha value is -2.25. The summed E-state index contributed by atoms with van der Waals surface area (Å²) in [6.07, 6.45) is 2.08. The first-order chi connectivity index (χ1) is 12.3. The molecule has 1 N–H and O–H groups in total. The van der Waals surface area contributed by atoms with E-state index in [1.54, 1.807) is 6.33 Å². The van der Waals surface area contributed by atoms with Crippen molar-refractivity contribution in [3.63, 3.8) is 0 Å². The van der Waals surface area contributed by atoms with Crippen LogP contribution in [-0.4, -0.2) is 72.8 Å². The third-order valence-electron chi connectivity index (χ3n) is 4.86. The average Bonchev–Trinajstić information content (AvgIpc) is 2.68. The van der Waals surface area contributed by atoms with Crippen LogP contribution >= 0.6 is 0 Å². The summed E-state index contributed by atoms with van der Waals surface area (Å²) in [5.41, 5.74) is 0.952. The number of hydrogen-bond acceptors (Lipinski definition) is 6. The molecule has 2 aliphatic rings. The molecule has 7 heteroatoms. The highest BCUT2D eigenvalue weighted by Crippen LogP contribution is 2.23. The Bertz CT molecular complexity index is 734. The molecule has 0 spiro atoms. The van der Waals surface area contributed by atoms with Crippen molar-refractivity contribution in [2.24, 2.45) is 0 Å². The highest BCUT2D eigenvalue weighted by atomic mass is 16.5. The molecule has 1 aromatic carbocycles. The topological polar surface area (TPSA) is 70.6 Å². The van der Waals surface area contributed by atoms with E-state index in [-0.39, 0.29) is 12.0 Å². The molecule has 2 saturated heterocycles. The lowest BCUT2D eigenvalue weighted by molar-refractivity contribution is -0.135. The molecule has 2 aliphatic heterocycles. The molecular weight excluding hydrogens is 318 g/mol. The fraction of sp³-hybridized carbons (Fsp3) is 0.500. The van der Waals surface area contributed by atoms with E-state index >= 15 is 0 Å². The Labute approximate surface area is 147 Å². The lowest BCUT2D eigenvalue weighted by atomic mass is 10.1. The van der Waals surface area contributed by atoms with E-state index in [4.69, 9.17) is 4.74 Å². The Balaban J connectivity index is 1.38. The van der Waals surface area contributed by atoms with Crippen LogP contribution in [0, 0.1) is 0 Å². The number of ether oxygens (including phenoxy) is 1. The van der Waals surface area contributed by atoms with Crippen LogP contribution in [0.15, 0.2) is 30.6 Å². The molecule has 2 fully saturated rings. The minimum absolute atomic E-state index is 0.00471. The molecule has 0 saturated carbocycles. The smallest absolute Gasteiger partial charge is 0.225 e. The molecule has 3 heterocycles. The highest BCUT2D eigenvalue weighted by Gasteiger charge is 2.26. The highest BCUT2D eigenvalue weighted by molar-refractivity contribution is 5.89. The molecule has 0 unspecified atom stereocenters. The monoisotopic (exact) mass is 341 g/mol. The fourth-order valence-corrected chi connectivity index (χ4v) is 3.48. The van der Waals surface area contributed by atoms with Crippen molar-refractivity contribution >= 4 is 22.6 Å². The maximum absolute atomic E-state index is 12.5. The Morgan fingerprint density at radius 2 is 2.04 bits per heavy atom. The largest absolute Gasteiger partial charge is 0.375 e. The van der Waals surface area contributed by atoms with Crippen LogP contribution in [0.1, 0.15) is 6.42 Å². The van der Waals surface area contributed by atoms with Gasteiger partial charge in [-0.05, 0) is 12.1 Å². The average molecular weight is 341 g/mol. The number of carbonyl (C=O) groups excluding carboxylic acids is 1. The van der Waals surface area contributed by atoms with Crippen molar-refractivity contribution in [3.05, 3.63) is 30.6 Å². The van der Waals surface area contributed by atoms with Crippen molar-refractivity contribution < 1.29 is 9.53 Å². The number of rotatable bonds is 3. The van der Waals surface area contributed by atoms with Crippen LogP contribution in [0.4, 0.5) is 5.82 Å². The molecule has 0 radical (unpaired) electrons. The molecule has 1 aromatic heterocycles. The van der Waals surface area contributed by atoms with Gasteiger partial charge in [-0.15, -0.1) is 0 Å². The Morgan fingerprint density at radius 1 is 1.20 bits per heavy atom. The number of fused-ring (bicyclic) bond motifs is 1. The van der Waals surface area contributed by atoms with E-state index in [0.29, 0.717) is 13.0 Å². The van der Waals surface area contributed by atoms with E-state index in [0.717, 1.165) is 56.0 Å². The summed E-state index contributed by atoms with van der Waals surface area (Å²) in [6, 6.07) is 8.04. The third kappa shape index (κ3) is 3.57. The van der Waals surface area contributed by atoms with Gasteiger partial charge in [-0.25, -0.2) is 9.97 Å². The molecule has 0 bridgehead atoms. The number of nitrogens with zero attached hydrogens (tertiary/aromatic N) is 4. The zero-order valence-electron chi connectivity index (χ0n) is 14.2. The predicted octanol–water partition coefficient (Wildman–Crippen LogP) is 0.657. The number of benzene rings is 1. The zero-order chi connectivity index (χ0) is 17.1. The summed E-state index contributed by atoms with van der Waals surface area (Å²) in [4.78, 5) is 25.5. The number of piperazine rings is 1. The predicted molar refractivity (Wildman–Crippen MR) is 95.6 cm³/mol. The van der Waals surface area contributed by atoms with E-state index in [9.17, 15) is 4.79 Å². The van der Waals surface area contributed by atoms with Gasteiger partial charge in [-0.3, -0.25) is 4.79 Å². The quantitative estimate of drug-likeness (QED) is 0.884. The van der Waals surface area contributed by atoms with Gasteiger partial charge in [0.2, 0.25) is 5.91 Å². The number of nitrogens with one attached hydrogen (secondary N) is 1. The van der Waals surface area contributed by atoms with Crippen molar-refractivity contribution in [2.45, 2.75) is 12.5 Å². The minimum Gasteiger partial charge on any atom is -0.375 e. The second-order valence-electron chi connectivity index (χ2n) is 6.48. The van der Waals surface area contributed by atoms with E-state index in [2.05, 4.69) is 26.3 Å². The third-order valence-corrected chi connectivity index (χ3v) is 4.86. The van der Waals surface area contributed by atoms with E-state index < -0.39 is 0 Å². The number of carbonyl (C=O) groups is 1. The molecule has 2 aromatic rings. The first-order valence-electron chi connectivity index (χ1n) is 8.86. The lowest BCUT2D eigenvalue weighted by Gasteiger charge is -2.36. The summed E-state index contributed by atoms with van der Waals surface area (Å²) in [5, 5.41) is 4.33. The Morgan fingerprint density at radius 3 is 2.84 bits per heavy atom. The van der Waals surface area contributed by atoms with Gasteiger partial charge in [0.1, 0.15) is 12.1 Å². The van der Waals surface area contributed by atoms with Crippen molar-refractivity contribution in [1.82, 2.24) is 20.2 Å². The minimum atomic E-state index is 0.00471. The second kappa shape index (κ2) is 7.33. The fourth-order valence-electron chi connectivity index (χ4n) is 3.48. The Kier molecular flexibility index (Phi) is 4.76. The summed E-state index contributed by atoms with van der Waals surface area (Å²) < 4.78 is 5.64. The van der Waals surface area contributed by atoms with Gasteiger partial charge >= 0.3 is 0 Å². The SMILES string of the molecule is O=C(C[C@H]1CNCCO1)N1CCN(c2ncnc3ccccc23)CC1. The first-order valence-corrected chi connectivity index (χ1v) is 8.86. The van der Waals surface area contributed by atoms with Crippen LogP contribution in [0.25, 0.3) is 10.9 Å². The van der Waals surface area contributed by atoms with Crippen molar-refractivity contribution in [1.29, 1.82) is 0 Å². The molecule has 25 heavy (non-hydrogen) atoms. The molecule has 132 valence electrons. The number of anilines is 1. The van der Waals surface area contributed by atoms with Gasteiger partial charge in [-0.1, -0.05) is 12.1 Å². The second-order valence-corrected chi connectivity index (χ2v) is 6.48. The van der Waals surface area contributed by atoms with Gasteiger partial charge < -0.3 is 19.9 Å². The normalized spacial score (nSPS) is 21.5. The van der Waals surface area contributed by atoms with Crippen LogP contribution in [0.3, 0.4) is 0 Å². The molecule has 1 atom stereocenters. The first kappa shape index (κ1) is 16.2. The zero-order valence-corrected chi connectivity index (χ0v) is 14.2. The van der Waals surface area contributed by atoms with Crippen molar-refractivity contribution in [3.8, 4) is 0 Å². The lowest BCUT2D eigenvalue weighted by Crippen LogP contribution is -2.50. The van der Waals surface area contributed by atoms with Crippen LogP contribution < -0.4 is 10.2 Å². The number of morpholine rings is 1. The van der Waals surface area contributed by atoms with Crippen molar-refractivity contribution in [2.75, 3.05) is 50.8 Å². The van der Waals surface area contributed by atoms with Crippen LogP contribution in [0.2, 0.25) is 0 Å². The molecule has 4 rings (SSSR count). The number of aromatic nitrogens is 2. The van der Waals surface area contributed by atoms with E-state index in [1.807, 2.05) is 23.1 Å². The number of hydrogen-bond donors (Lipinski definition) is 1. The van der Waals surface area contributed by atoms with Crippen LogP contribution in [0.5, 0.6) is 0 Å². The van der Waals surface area contributed by atoms with Crippen LogP contribution in [-0.2, 0) is 9.53 Å². The summed E-state index contributed by atoms with van der Waals surface area (Å²) >= 11 is 0. The maximum atomic E-state index is 12.5. The van der Waals surface area contributed by atoms with Gasteiger partial charge in [-0.2, -0.15) is 0 Å². The number of para-hydroxylation sites is 1. The standard InChI is InChI=1S/C18H23N5O2/c24-17(11-14-12-19-5-10-25-14)22-6-8-23(9-7-22)18-15-3-1-2-4-16(15)20-13-21-18/h1-4,13-14,19H,5-12H2/t14-/m0/s1. The summed E-state index contributed by atoms with van der Waals surface area (Å²) in [6.45, 7) is 5.34. The molecular formula is C18H23N5O2. The summed E-state index contributed by atoms with van der Waals surface area (Å²) in [5.74, 6) is 1.14. The van der Waals surface area contributed by atoms with Gasteiger partial charge in [0.25, 0.3) is 0 Å². The molecule has 0 aliphatic carbocycles. The summed E-state index contributed by atoms with van der Waals surface area (Å²) in [7, 11) is 0. The van der Waals surface area contributed by atoms with Gasteiger partial charge in [0.15, 0.2) is 0 Å². The van der Waals surface area contributed by atoms with Gasteiger partial charge in [0.05, 0.1) is 24.6 Å². The van der Waals surface area contributed by atoms with E-state index in [1.165, 1.54) is 0 Å². The maximum Gasteiger partial charge on any atom is 0.225 e.